The Hall–Kier alpha value is -2.67. The Kier molecular flexibility index (Phi) is 6.47. The van der Waals surface area contributed by atoms with Crippen LogP contribution in [-0.2, 0) is 21.1 Å². The zero-order valence-corrected chi connectivity index (χ0v) is 20.2. The van der Waals surface area contributed by atoms with Crippen LogP contribution in [0.4, 0.5) is 5.69 Å². The van der Waals surface area contributed by atoms with E-state index in [1.165, 1.54) is 12.8 Å². The van der Waals surface area contributed by atoms with Crippen molar-refractivity contribution in [2.24, 2.45) is 5.92 Å². The molecule has 0 bridgehead atoms. The molecule has 0 saturated heterocycles. The van der Waals surface area contributed by atoms with Crippen molar-refractivity contribution < 1.29 is 18.0 Å². The van der Waals surface area contributed by atoms with Gasteiger partial charge in [-0.05, 0) is 99.2 Å². The molecule has 3 aliphatic rings. The summed E-state index contributed by atoms with van der Waals surface area (Å²) in [7, 11) is -3.25. The van der Waals surface area contributed by atoms with Gasteiger partial charge in [-0.3, -0.25) is 9.59 Å². The second kappa shape index (κ2) is 9.53. The third-order valence-electron chi connectivity index (χ3n) is 7.39. The van der Waals surface area contributed by atoms with Gasteiger partial charge in [0.05, 0.1) is 17.1 Å². The maximum Gasteiger partial charge on any atom is 0.254 e. The first-order valence-corrected chi connectivity index (χ1v) is 14.1. The molecule has 1 N–H and O–H groups in total. The number of nitrogens with zero attached hydrogens (tertiary/aromatic N) is 1. The van der Waals surface area contributed by atoms with Gasteiger partial charge < -0.3 is 10.2 Å². The summed E-state index contributed by atoms with van der Waals surface area (Å²) in [6.07, 6.45) is 8.94. The van der Waals surface area contributed by atoms with Crippen LogP contribution in [0.15, 0.2) is 53.4 Å². The SMILES string of the molecule is O=C(Cc1ccc(S(=O)(=O)CC2CC2)cc1)Nc1ccc(C(=O)N(C2CCC2)C2CCC2)cc1. The summed E-state index contributed by atoms with van der Waals surface area (Å²) in [6, 6.07) is 14.5. The first-order chi connectivity index (χ1) is 16.4. The van der Waals surface area contributed by atoms with Crippen LogP contribution in [0.25, 0.3) is 0 Å². The van der Waals surface area contributed by atoms with E-state index in [0.29, 0.717) is 34.1 Å². The highest BCUT2D eigenvalue weighted by molar-refractivity contribution is 7.91. The Bertz CT molecular complexity index is 1130. The van der Waals surface area contributed by atoms with Gasteiger partial charge in [0, 0.05) is 23.3 Å². The van der Waals surface area contributed by atoms with E-state index in [0.717, 1.165) is 44.1 Å². The van der Waals surface area contributed by atoms with E-state index in [1.807, 2.05) is 0 Å². The molecule has 180 valence electrons. The molecule has 2 amide bonds. The Morgan fingerprint density at radius 2 is 1.41 bits per heavy atom. The monoisotopic (exact) mass is 480 g/mol. The molecule has 0 atom stereocenters. The number of rotatable bonds is 9. The fraction of sp³-hybridized carbons (Fsp3) is 0.481. The summed E-state index contributed by atoms with van der Waals surface area (Å²) in [6.45, 7) is 0. The quantitative estimate of drug-likeness (QED) is 0.569. The lowest BCUT2D eigenvalue weighted by atomic mass is 9.84. The van der Waals surface area contributed by atoms with E-state index in [9.17, 15) is 18.0 Å². The molecule has 7 heteroatoms. The second-order valence-corrected chi connectivity index (χ2v) is 12.1. The Morgan fingerprint density at radius 3 is 1.91 bits per heavy atom. The molecule has 0 unspecified atom stereocenters. The molecule has 3 saturated carbocycles. The first kappa shape index (κ1) is 23.1. The number of sulfone groups is 1. The molecule has 3 fully saturated rings. The molecule has 5 rings (SSSR count). The van der Waals surface area contributed by atoms with Crippen molar-refractivity contribution in [1.29, 1.82) is 0 Å². The molecular weight excluding hydrogens is 448 g/mol. The first-order valence-electron chi connectivity index (χ1n) is 12.4. The number of carbonyl (C=O) groups excluding carboxylic acids is 2. The minimum absolute atomic E-state index is 0.101. The van der Waals surface area contributed by atoms with Crippen LogP contribution in [0.1, 0.15) is 67.3 Å². The number of anilines is 1. The molecule has 3 aliphatic carbocycles. The maximum absolute atomic E-state index is 13.1. The number of hydrogen-bond donors (Lipinski definition) is 1. The highest BCUT2D eigenvalue weighted by Crippen LogP contribution is 2.35. The zero-order valence-electron chi connectivity index (χ0n) is 19.4. The normalized spacial score (nSPS) is 18.6. The van der Waals surface area contributed by atoms with Crippen molar-refractivity contribution >= 4 is 27.3 Å². The summed E-state index contributed by atoms with van der Waals surface area (Å²) in [5, 5.41) is 2.87. The van der Waals surface area contributed by atoms with Gasteiger partial charge in [0.25, 0.3) is 5.91 Å². The summed E-state index contributed by atoms with van der Waals surface area (Å²) >= 11 is 0. The summed E-state index contributed by atoms with van der Waals surface area (Å²) in [4.78, 5) is 28.1. The van der Waals surface area contributed by atoms with Crippen LogP contribution >= 0.6 is 0 Å². The predicted molar refractivity (Wildman–Crippen MR) is 131 cm³/mol. The van der Waals surface area contributed by atoms with E-state index in [2.05, 4.69) is 10.2 Å². The van der Waals surface area contributed by atoms with Crippen molar-refractivity contribution in [2.45, 2.75) is 74.8 Å². The van der Waals surface area contributed by atoms with Gasteiger partial charge in [-0.1, -0.05) is 12.1 Å². The third kappa shape index (κ3) is 5.19. The Balaban J connectivity index is 1.17. The zero-order chi connectivity index (χ0) is 23.7. The smallest absolute Gasteiger partial charge is 0.254 e. The molecule has 0 aromatic heterocycles. The molecule has 0 radical (unpaired) electrons. The third-order valence-corrected chi connectivity index (χ3v) is 9.29. The predicted octanol–water partition coefficient (Wildman–Crippen LogP) is 4.60. The largest absolute Gasteiger partial charge is 0.333 e. The van der Waals surface area contributed by atoms with Crippen molar-refractivity contribution in [3.8, 4) is 0 Å². The number of hydrogen-bond acceptors (Lipinski definition) is 4. The molecule has 2 aromatic carbocycles. The van der Waals surface area contributed by atoms with Gasteiger partial charge in [0.1, 0.15) is 0 Å². The molecule has 0 aliphatic heterocycles. The molecule has 0 spiro atoms. The highest BCUT2D eigenvalue weighted by Gasteiger charge is 2.37. The van der Waals surface area contributed by atoms with E-state index >= 15 is 0 Å². The average molecular weight is 481 g/mol. The molecule has 0 heterocycles. The van der Waals surface area contributed by atoms with Crippen LogP contribution in [0.5, 0.6) is 0 Å². The Morgan fingerprint density at radius 1 is 0.824 bits per heavy atom. The van der Waals surface area contributed by atoms with Gasteiger partial charge in [-0.2, -0.15) is 0 Å². The van der Waals surface area contributed by atoms with Crippen molar-refractivity contribution in [3.63, 3.8) is 0 Å². The standard InChI is InChI=1S/C27H32N2O4S/c30-26(17-19-9-15-25(16-10-19)34(32,33)18-20-7-8-20)28-22-13-11-21(12-14-22)27(31)29(23-3-1-4-23)24-5-2-6-24/h9-16,20,23-24H,1-8,17-18H2,(H,28,30). The van der Waals surface area contributed by atoms with Gasteiger partial charge in [0.2, 0.25) is 5.91 Å². The van der Waals surface area contributed by atoms with Crippen LogP contribution in [0.2, 0.25) is 0 Å². The van der Waals surface area contributed by atoms with Crippen molar-refractivity contribution in [3.05, 3.63) is 59.7 Å². The van der Waals surface area contributed by atoms with Crippen LogP contribution in [0, 0.1) is 5.92 Å². The highest BCUT2D eigenvalue weighted by atomic mass is 32.2. The minimum atomic E-state index is -3.25. The summed E-state index contributed by atoms with van der Waals surface area (Å²) in [5.41, 5.74) is 2.06. The number of carbonyl (C=O) groups is 2. The summed E-state index contributed by atoms with van der Waals surface area (Å²) in [5.74, 6) is 0.434. The molecule has 6 nitrogen and oxygen atoms in total. The lowest BCUT2D eigenvalue weighted by molar-refractivity contribution is -0.115. The van der Waals surface area contributed by atoms with Crippen LogP contribution in [-0.4, -0.2) is 43.0 Å². The number of nitrogens with one attached hydrogen (secondary N) is 1. The number of benzene rings is 2. The summed E-state index contributed by atoms with van der Waals surface area (Å²) < 4.78 is 24.8. The topological polar surface area (TPSA) is 83.5 Å². The van der Waals surface area contributed by atoms with Crippen molar-refractivity contribution in [1.82, 2.24) is 4.90 Å². The lowest BCUT2D eigenvalue weighted by Crippen LogP contribution is -2.52. The average Bonchev–Trinajstić information content (AvgIpc) is 3.54. The van der Waals surface area contributed by atoms with Gasteiger partial charge in [-0.15, -0.1) is 0 Å². The molecule has 34 heavy (non-hydrogen) atoms. The fourth-order valence-corrected chi connectivity index (χ4v) is 6.40. The van der Waals surface area contributed by atoms with Gasteiger partial charge in [-0.25, -0.2) is 8.42 Å². The van der Waals surface area contributed by atoms with E-state index < -0.39 is 9.84 Å². The van der Waals surface area contributed by atoms with Gasteiger partial charge >= 0.3 is 0 Å². The fourth-order valence-electron chi connectivity index (χ4n) is 4.70. The lowest BCUT2D eigenvalue weighted by Gasteiger charge is -2.46. The minimum Gasteiger partial charge on any atom is -0.333 e. The second-order valence-electron chi connectivity index (χ2n) is 10.1. The van der Waals surface area contributed by atoms with Gasteiger partial charge in [0.15, 0.2) is 9.84 Å². The molecule has 2 aromatic rings. The van der Waals surface area contributed by atoms with E-state index in [1.54, 1.807) is 48.5 Å². The van der Waals surface area contributed by atoms with Crippen LogP contribution < -0.4 is 5.32 Å². The van der Waals surface area contributed by atoms with E-state index in [4.69, 9.17) is 0 Å². The van der Waals surface area contributed by atoms with E-state index in [-0.39, 0.29) is 24.0 Å². The van der Waals surface area contributed by atoms with Crippen molar-refractivity contribution in [2.75, 3.05) is 11.1 Å². The Labute approximate surface area is 201 Å². The van der Waals surface area contributed by atoms with Crippen LogP contribution in [0.3, 0.4) is 0 Å². The number of amides is 2. The molecular formula is C27H32N2O4S. The maximum atomic E-state index is 13.1.